The summed E-state index contributed by atoms with van der Waals surface area (Å²) in [6.45, 7) is 8.43. The maximum absolute atomic E-state index is 6.18. The van der Waals surface area contributed by atoms with Crippen LogP contribution < -0.4 is 0 Å². The van der Waals surface area contributed by atoms with Crippen molar-refractivity contribution in [2.75, 3.05) is 19.6 Å². The monoisotopic (exact) mass is 227 g/mol. The Labute approximate surface area is 96.0 Å². The fourth-order valence-electron chi connectivity index (χ4n) is 2.04. The second-order valence-electron chi connectivity index (χ2n) is 4.53. The Kier molecular flexibility index (Phi) is 3.32. The summed E-state index contributed by atoms with van der Waals surface area (Å²) < 4.78 is 2.00. The van der Waals surface area contributed by atoms with E-state index in [-0.39, 0.29) is 0 Å². The zero-order valence-electron chi connectivity index (χ0n) is 9.36. The Hall–Kier alpha value is -0.540. The zero-order chi connectivity index (χ0) is 10.8. The molecule has 4 heteroatoms. The van der Waals surface area contributed by atoms with E-state index < -0.39 is 0 Å². The lowest BCUT2D eigenvalue weighted by molar-refractivity contribution is 0.306. The second-order valence-corrected chi connectivity index (χ2v) is 5.09. The summed E-state index contributed by atoms with van der Waals surface area (Å²) in [6, 6.07) is 0. The van der Waals surface area contributed by atoms with Gasteiger partial charge in [-0.1, -0.05) is 6.92 Å². The molecule has 1 saturated heterocycles. The normalized spacial score (nSPS) is 27.4. The van der Waals surface area contributed by atoms with Crippen molar-refractivity contribution in [3.8, 4) is 0 Å². The Balaban J connectivity index is 1.79. The highest BCUT2D eigenvalue weighted by molar-refractivity contribution is 6.21. The molecule has 0 aromatic carbocycles. The molecule has 2 heterocycles. The van der Waals surface area contributed by atoms with Gasteiger partial charge in [-0.2, -0.15) is 5.10 Å². The van der Waals surface area contributed by atoms with Gasteiger partial charge in [-0.25, -0.2) is 0 Å². The minimum absolute atomic E-state index is 0.323. The van der Waals surface area contributed by atoms with E-state index in [0.29, 0.717) is 11.3 Å². The first-order valence-electron chi connectivity index (χ1n) is 5.50. The van der Waals surface area contributed by atoms with Gasteiger partial charge in [0.25, 0.3) is 0 Å². The molecule has 0 amide bonds. The van der Waals surface area contributed by atoms with E-state index in [9.17, 15) is 0 Å². The average Bonchev–Trinajstić information content (AvgIpc) is 2.72. The molecule has 84 valence electrons. The first-order chi connectivity index (χ1) is 7.15. The summed E-state index contributed by atoms with van der Waals surface area (Å²) in [7, 11) is 0. The lowest BCUT2D eigenvalue weighted by Crippen LogP contribution is -2.25. The van der Waals surface area contributed by atoms with Crippen LogP contribution in [0, 0.1) is 12.8 Å². The third-order valence-electron chi connectivity index (χ3n) is 3.00. The molecule has 0 bridgehead atoms. The number of rotatable bonds is 3. The fourth-order valence-corrected chi connectivity index (χ4v) is 2.31. The standard InChI is InChI=1S/C11H18ClN3/c1-9-5-13-15(6-9)4-3-14-7-10(2)11(12)8-14/h5-6,10-11H,3-4,7-8H2,1-2H3. The minimum atomic E-state index is 0.323. The number of likely N-dealkylation sites (tertiary alicyclic amines) is 1. The Morgan fingerprint density at radius 1 is 1.47 bits per heavy atom. The second kappa shape index (κ2) is 4.54. The molecule has 1 fully saturated rings. The summed E-state index contributed by atoms with van der Waals surface area (Å²) in [4.78, 5) is 2.42. The van der Waals surface area contributed by atoms with E-state index in [4.69, 9.17) is 11.6 Å². The van der Waals surface area contributed by atoms with Crippen LogP contribution in [0.25, 0.3) is 0 Å². The number of aryl methyl sites for hydroxylation is 1. The van der Waals surface area contributed by atoms with Gasteiger partial charge in [0.2, 0.25) is 0 Å². The summed E-state index contributed by atoms with van der Waals surface area (Å²) in [5, 5.41) is 4.60. The van der Waals surface area contributed by atoms with Crippen molar-refractivity contribution < 1.29 is 0 Å². The molecule has 1 aliphatic heterocycles. The Morgan fingerprint density at radius 2 is 2.27 bits per heavy atom. The predicted octanol–water partition coefficient (Wildman–Crippen LogP) is 1.75. The van der Waals surface area contributed by atoms with Gasteiger partial charge in [0, 0.05) is 25.8 Å². The molecular weight excluding hydrogens is 210 g/mol. The van der Waals surface area contributed by atoms with E-state index in [2.05, 4.69) is 30.0 Å². The summed E-state index contributed by atoms with van der Waals surface area (Å²) in [5.74, 6) is 0.617. The van der Waals surface area contributed by atoms with Crippen molar-refractivity contribution in [2.45, 2.75) is 25.8 Å². The molecule has 0 aliphatic carbocycles. The topological polar surface area (TPSA) is 21.1 Å². The van der Waals surface area contributed by atoms with Crippen molar-refractivity contribution in [3.05, 3.63) is 18.0 Å². The van der Waals surface area contributed by atoms with Crippen LogP contribution in [0.2, 0.25) is 0 Å². The highest BCUT2D eigenvalue weighted by atomic mass is 35.5. The van der Waals surface area contributed by atoms with Crippen molar-refractivity contribution in [3.63, 3.8) is 0 Å². The third kappa shape index (κ3) is 2.73. The molecule has 2 atom stereocenters. The summed E-state index contributed by atoms with van der Waals surface area (Å²) in [5.41, 5.74) is 1.22. The number of nitrogens with zero attached hydrogens (tertiary/aromatic N) is 3. The molecule has 3 nitrogen and oxygen atoms in total. The fraction of sp³-hybridized carbons (Fsp3) is 0.727. The summed E-state index contributed by atoms with van der Waals surface area (Å²) >= 11 is 6.18. The van der Waals surface area contributed by atoms with E-state index in [1.165, 1.54) is 5.56 Å². The van der Waals surface area contributed by atoms with Gasteiger partial charge < -0.3 is 0 Å². The number of hydrogen-bond acceptors (Lipinski definition) is 2. The average molecular weight is 228 g/mol. The van der Waals surface area contributed by atoms with Crippen molar-refractivity contribution in [2.24, 2.45) is 5.92 Å². The highest BCUT2D eigenvalue weighted by Gasteiger charge is 2.27. The molecular formula is C11H18ClN3. The molecule has 2 rings (SSSR count). The van der Waals surface area contributed by atoms with Crippen molar-refractivity contribution in [1.82, 2.24) is 14.7 Å². The van der Waals surface area contributed by atoms with Gasteiger partial charge in [0.1, 0.15) is 0 Å². The van der Waals surface area contributed by atoms with Crippen LogP contribution in [0.3, 0.4) is 0 Å². The lowest BCUT2D eigenvalue weighted by Gasteiger charge is -2.14. The van der Waals surface area contributed by atoms with Gasteiger partial charge in [-0.05, 0) is 18.4 Å². The maximum Gasteiger partial charge on any atom is 0.0536 e. The van der Waals surface area contributed by atoms with Gasteiger partial charge in [0.05, 0.1) is 18.1 Å². The van der Waals surface area contributed by atoms with Gasteiger partial charge in [0.15, 0.2) is 0 Å². The molecule has 1 aromatic rings. The van der Waals surface area contributed by atoms with Crippen molar-refractivity contribution >= 4 is 11.6 Å². The maximum atomic E-state index is 6.18. The van der Waals surface area contributed by atoms with Gasteiger partial charge >= 0.3 is 0 Å². The minimum Gasteiger partial charge on any atom is -0.300 e. The number of hydrogen-bond donors (Lipinski definition) is 0. The molecule has 0 radical (unpaired) electrons. The summed E-state index contributed by atoms with van der Waals surface area (Å²) in [6.07, 6.45) is 3.98. The molecule has 15 heavy (non-hydrogen) atoms. The number of aromatic nitrogens is 2. The van der Waals surface area contributed by atoms with Crippen LogP contribution in [-0.2, 0) is 6.54 Å². The zero-order valence-corrected chi connectivity index (χ0v) is 10.1. The van der Waals surface area contributed by atoms with Crippen LogP contribution in [0.4, 0.5) is 0 Å². The SMILES string of the molecule is Cc1cnn(CCN2CC(C)C(Cl)C2)c1. The van der Waals surface area contributed by atoms with E-state index in [1.807, 2.05) is 10.9 Å². The third-order valence-corrected chi connectivity index (χ3v) is 3.57. The quantitative estimate of drug-likeness (QED) is 0.734. The van der Waals surface area contributed by atoms with Gasteiger partial charge in [-0.3, -0.25) is 9.58 Å². The molecule has 1 aliphatic rings. The van der Waals surface area contributed by atoms with Crippen LogP contribution in [0.15, 0.2) is 12.4 Å². The molecule has 0 spiro atoms. The van der Waals surface area contributed by atoms with E-state index in [1.54, 1.807) is 0 Å². The van der Waals surface area contributed by atoms with E-state index >= 15 is 0 Å². The highest BCUT2D eigenvalue weighted by Crippen LogP contribution is 2.20. The molecule has 2 unspecified atom stereocenters. The largest absolute Gasteiger partial charge is 0.300 e. The van der Waals surface area contributed by atoms with Gasteiger partial charge in [-0.15, -0.1) is 11.6 Å². The lowest BCUT2D eigenvalue weighted by atomic mass is 10.2. The van der Waals surface area contributed by atoms with Crippen LogP contribution >= 0.6 is 11.6 Å². The van der Waals surface area contributed by atoms with Crippen LogP contribution in [0.1, 0.15) is 12.5 Å². The smallest absolute Gasteiger partial charge is 0.0536 e. The molecule has 0 N–H and O–H groups in total. The number of alkyl halides is 1. The first kappa shape index (κ1) is 11.0. The van der Waals surface area contributed by atoms with Crippen LogP contribution in [0.5, 0.6) is 0 Å². The molecule has 1 aromatic heterocycles. The first-order valence-corrected chi connectivity index (χ1v) is 5.94. The Bertz CT molecular complexity index is 313. The Morgan fingerprint density at radius 3 is 2.80 bits per heavy atom. The van der Waals surface area contributed by atoms with E-state index in [0.717, 1.165) is 26.2 Å². The molecule has 0 saturated carbocycles. The predicted molar refractivity (Wildman–Crippen MR) is 62.2 cm³/mol. The number of halogens is 1. The van der Waals surface area contributed by atoms with Crippen molar-refractivity contribution in [1.29, 1.82) is 0 Å². The van der Waals surface area contributed by atoms with Crippen LogP contribution in [-0.4, -0.2) is 39.7 Å².